The fraction of sp³-hybridized carbons (Fsp3) is 0.429. The zero-order valence-electron chi connectivity index (χ0n) is 6.20. The fourth-order valence-electron chi connectivity index (χ4n) is 0.638. The largest absolute Gasteiger partial charge is 0.324 e. The minimum absolute atomic E-state index is 0.0283. The summed E-state index contributed by atoms with van der Waals surface area (Å²) in [6.07, 6.45) is 3.51. The molecule has 1 aromatic heterocycles. The lowest BCUT2D eigenvalue weighted by Gasteiger charge is -2.02. The van der Waals surface area contributed by atoms with E-state index in [-0.39, 0.29) is 6.04 Å². The van der Waals surface area contributed by atoms with Crippen molar-refractivity contribution in [2.45, 2.75) is 19.9 Å². The number of hydrogen-bond acceptors (Lipinski definition) is 3. The molecule has 2 N–H and O–H groups in total. The van der Waals surface area contributed by atoms with Gasteiger partial charge >= 0.3 is 0 Å². The molecule has 0 fully saturated rings. The maximum absolute atomic E-state index is 5.58. The number of rotatable bonds is 1. The second-order valence-electron chi connectivity index (χ2n) is 2.35. The van der Waals surface area contributed by atoms with Crippen LogP contribution in [-0.2, 0) is 0 Å². The summed E-state index contributed by atoms with van der Waals surface area (Å²) < 4.78 is 0. The molecule has 0 spiro atoms. The van der Waals surface area contributed by atoms with Crippen molar-refractivity contribution in [2.75, 3.05) is 0 Å². The van der Waals surface area contributed by atoms with Crippen molar-refractivity contribution in [1.29, 1.82) is 0 Å². The molecule has 1 rings (SSSR count). The Labute approximate surface area is 60.3 Å². The molecule has 10 heavy (non-hydrogen) atoms. The van der Waals surface area contributed by atoms with Crippen molar-refractivity contribution in [3.8, 4) is 0 Å². The van der Waals surface area contributed by atoms with Gasteiger partial charge in [0.1, 0.15) is 5.82 Å². The molecule has 0 aliphatic rings. The molecule has 0 aliphatic heterocycles. The van der Waals surface area contributed by atoms with E-state index in [1.165, 1.54) is 0 Å². The normalized spacial score (nSPS) is 13.1. The molecule has 1 atom stereocenters. The summed E-state index contributed by atoms with van der Waals surface area (Å²) in [5, 5.41) is 0. The summed E-state index contributed by atoms with van der Waals surface area (Å²) in [6.45, 7) is 3.76. The molecular formula is C7H11N3. The molecule has 1 aromatic rings. The minimum Gasteiger partial charge on any atom is -0.324 e. The highest BCUT2D eigenvalue weighted by atomic mass is 14.9. The highest BCUT2D eigenvalue weighted by molar-refractivity contribution is 5.08. The Bertz CT molecular complexity index is 203. The third-order valence-electron chi connectivity index (χ3n) is 1.33. The van der Waals surface area contributed by atoms with Crippen molar-refractivity contribution < 1.29 is 0 Å². The second-order valence-corrected chi connectivity index (χ2v) is 2.35. The van der Waals surface area contributed by atoms with Crippen molar-refractivity contribution in [2.24, 2.45) is 5.73 Å². The molecule has 1 heterocycles. The van der Waals surface area contributed by atoms with Crippen molar-refractivity contribution in [3.05, 3.63) is 23.8 Å². The Kier molecular flexibility index (Phi) is 1.97. The molecule has 0 bridgehead atoms. The van der Waals surface area contributed by atoms with Crippen LogP contribution in [0.1, 0.15) is 24.4 Å². The Hall–Kier alpha value is -0.960. The Morgan fingerprint density at radius 2 is 1.90 bits per heavy atom. The van der Waals surface area contributed by atoms with E-state index in [1.807, 2.05) is 13.8 Å². The van der Waals surface area contributed by atoms with E-state index in [4.69, 9.17) is 5.73 Å². The minimum atomic E-state index is 0.0283. The van der Waals surface area contributed by atoms with Crippen LogP contribution in [0.3, 0.4) is 0 Å². The third-order valence-corrected chi connectivity index (χ3v) is 1.33. The van der Waals surface area contributed by atoms with Gasteiger partial charge < -0.3 is 5.73 Å². The van der Waals surface area contributed by atoms with Crippen molar-refractivity contribution in [1.82, 2.24) is 9.97 Å². The Balaban J connectivity index is 2.89. The number of nitrogens with zero attached hydrogens (tertiary/aromatic N) is 2. The molecule has 0 unspecified atom stereocenters. The van der Waals surface area contributed by atoms with Crippen molar-refractivity contribution in [3.63, 3.8) is 0 Å². The average molecular weight is 137 g/mol. The van der Waals surface area contributed by atoms with Crippen LogP contribution in [0.15, 0.2) is 12.4 Å². The third kappa shape index (κ3) is 1.51. The summed E-state index contributed by atoms with van der Waals surface area (Å²) in [6, 6.07) is 0.0283. The maximum Gasteiger partial charge on any atom is 0.125 e. The maximum atomic E-state index is 5.58. The zero-order valence-corrected chi connectivity index (χ0v) is 6.20. The van der Waals surface area contributed by atoms with Gasteiger partial charge in [-0.05, 0) is 13.8 Å². The number of nitrogens with two attached hydrogens (primary N) is 1. The topological polar surface area (TPSA) is 51.8 Å². The van der Waals surface area contributed by atoms with E-state index < -0.39 is 0 Å². The Morgan fingerprint density at radius 1 is 1.40 bits per heavy atom. The highest BCUT2D eigenvalue weighted by Gasteiger charge is 1.97. The van der Waals surface area contributed by atoms with Gasteiger partial charge in [0, 0.05) is 24.0 Å². The van der Waals surface area contributed by atoms with Crippen molar-refractivity contribution >= 4 is 0 Å². The van der Waals surface area contributed by atoms with E-state index >= 15 is 0 Å². The number of aromatic nitrogens is 2. The molecular weight excluding hydrogens is 126 g/mol. The smallest absolute Gasteiger partial charge is 0.125 e. The summed E-state index contributed by atoms with van der Waals surface area (Å²) in [5.41, 5.74) is 6.56. The lowest BCUT2D eigenvalue weighted by molar-refractivity contribution is 0.797. The predicted octanol–water partition coefficient (Wildman–Crippen LogP) is 0.805. The fourth-order valence-corrected chi connectivity index (χ4v) is 0.638. The van der Waals surface area contributed by atoms with Crippen LogP contribution in [0.5, 0.6) is 0 Å². The van der Waals surface area contributed by atoms with E-state index in [9.17, 15) is 0 Å². The van der Waals surface area contributed by atoms with Crippen LogP contribution in [-0.4, -0.2) is 9.97 Å². The van der Waals surface area contributed by atoms with Gasteiger partial charge in [-0.1, -0.05) is 0 Å². The number of hydrogen-bond donors (Lipinski definition) is 1. The summed E-state index contributed by atoms with van der Waals surface area (Å²) >= 11 is 0. The van der Waals surface area contributed by atoms with E-state index in [1.54, 1.807) is 12.4 Å². The first-order valence-electron chi connectivity index (χ1n) is 3.24. The molecule has 0 radical (unpaired) electrons. The monoisotopic (exact) mass is 137 g/mol. The summed E-state index contributed by atoms with van der Waals surface area (Å²) in [4.78, 5) is 8.02. The first-order valence-corrected chi connectivity index (χ1v) is 3.24. The quantitative estimate of drug-likeness (QED) is 0.623. The SMILES string of the molecule is Cc1ncc([C@H](C)N)cn1. The average Bonchev–Trinajstić information content (AvgIpc) is 1.88. The van der Waals surface area contributed by atoms with Gasteiger partial charge in [0.15, 0.2) is 0 Å². The Morgan fingerprint density at radius 3 is 2.30 bits per heavy atom. The van der Waals surface area contributed by atoms with Crippen LogP contribution in [0.25, 0.3) is 0 Å². The zero-order chi connectivity index (χ0) is 7.56. The van der Waals surface area contributed by atoms with Gasteiger partial charge in [-0.3, -0.25) is 0 Å². The summed E-state index contributed by atoms with van der Waals surface area (Å²) in [5.74, 6) is 0.782. The van der Waals surface area contributed by atoms with Crippen LogP contribution in [0.4, 0.5) is 0 Å². The van der Waals surface area contributed by atoms with Gasteiger partial charge in [-0.2, -0.15) is 0 Å². The van der Waals surface area contributed by atoms with Gasteiger partial charge in [-0.25, -0.2) is 9.97 Å². The first-order chi connectivity index (χ1) is 4.70. The molecule has 0 saturated heterocycles. The predicted molar refractivity (Wildman–Crippen MR) is 39.4 cm³/mol. The first kappa shape index (κ1) is 7.15. The lowest BCUT2D eigenvalue weighted by Crippen LogP contribution is -2.06. The van der Waals surface area contributed by atoms with Gasteiger partial charge in [0.25, 0.3) is 0 Å². The molecule has 0 aromatic carbocycles. The molecule has 54 valence electrons. The number of aryl methyl sites for hydroxylation is 1. The van der Waals surface area contributed by atoms with E-state index in [0.717, 1.165) is 11.4 Å². The van der Waals surface area contributed by atoms with E-state index in [0.29, 0.717) is 0 Å². The highest BCUT2D eigenvalue weighted by Crippen LogP contribution is 2.04. The van der Waals surface area contributed by atoms with Crippen LogP contribution >= 0.6 is 0 Å². The van der Waals surface area contributed by atoms with Crippen LogP contribution in [0.2, 0.25) is 0 Å². The summed E-state index contributed by atoms with van der Waals surface area (Å²) in [7, 11) is 0. The molecule has 3 nitrogen and oxygen atoms in total. The molecule has 0 aliphatic carbocycles. The second kappa shape index (κ2) is 2.75. The van der Waals surface area contributed by atoms with Gasteiger partial charge in [-0.15, -0.1) is 0 Å². The van der Waals surface area contributed by atoms with E-state index in [2.05, 4.69) is 9.97 Å². The standard InChI is InChI=1S/C7H11N3/c1-5(8)7-3-9-6(2)10-4-7/h3-5H,8H2,1-2H3/t5-/m0/s1. The van der Waals surface area contributed by atoms with Gasteiger partial charge in [0.05, 0.1) is 0 Å². The lowest BCUT2D eigenvalue weighted by atomic mass is 10.2. The van der Waals surface area contributed by atoms with Gasteiger partial charge in [0.2, 0.25) is 0 Å². The van der Waals surface area contributed by atoms with Crippen LogP contribution < -0.4 is 5.73 Å². The molecule has 0 amide bonds. The van der Waals surface area contributed by atoms with Crippen LogP contribution in [0, 0.1) is 6.92 Å². The molecule has 3 heteroatoms. The molecule has 0 saturated carbocycles.